The van der Waals surface area contributed by atoms with E-state index in [9.17, 15) is 4.79 Å². The summed E-state index contributed by atoms with van der Waals surface area (Å²) in [5, 5.41) is 3.11. The van der Waals surface area contributed by atoms with Gasteiger partial charge in [-0.3, -0.25) is 9.78 Å². The van der Waals surface area contributed by atoms with Crippen molar-refractivity contribution in [1.82, 2.24) is 15.3 Å². The molecule has 1 aliphatic rings. The zero-order valence-corrected chi connectivity index (χ0v) is 11.7. The Balaban J connectivity index is 1.78. The Labute approximate surface area is 118 Å². The lowest BCUT2D eigenvalue weighted by Crippen LogP contribution is -2.41. The highest BCUT2D eigenvalue weighted by Gasteiger charge is 2.23. The molecule has 3 rings (SSSR count). The maximum atomic E-state index is 12.3. The number of benzene rings is 1. The van der Waals surface area contributed by atoms with Gasteiger partial charge in [0.25, 0.3) is 5.91 Å². The van der Waals surface area contributed by atoms with E-state index >= 15 is 0 Å². The van der Waals surface area contributed by atoms with E-state index in [4.69, 9.17) is 0 Å². The summed E-state index contributed by atoms with van der Waals surface area (Å²) >= 11 is 0. The van der Waals surface area contributed by atoms with Crippen LogP contribution in [0.2, 0.25) is 0 Å². The van der Waals surface area contributed by atoms with E-state index < -0.39 is 0 Å². The molecule has 1 aliphatic carbocycles. The Morgan fingerprint density at radius 3 is 2.75 bits per heavy atom. The number of carbonyl (C=O) groups is 1. The van der Waals surface area contributed by atoms with Crippen molar-refractivity contribution in [3.8, 4) is 0 Å². The Hall–Kier alpha value is -1.97. The molecule has 104 valence electrons. The Kier molecular flexibility index (Phi) is 3.63. The fraction of sp³-hybridized carbons (Fsp3) is 0.438. The van der Waals surface area contributed by atoms with Gasteiger partial charge in [0, 0.05) is 6.04 Å². The molecule has 1 amide bonds. The lowest BCUT2D eigenvalue weighted by molar-refractivity contribution is 0.0905. The van der Waals surface area contributed by atoms with Crippen LogP contribution in [0.4, 0.5) is 0 Å². The minimum atomic E-state index is -0.109. The zero-order valence-electron chi connectivity index (χ0n) is 11.7. The fourth-order valence-corrected chi connectivity index (χ4v) is 2.84. The highest BCUT2D eigenvalue weighted by atomic mass is 16.1. The molecule has 4 heteroatoms. The predicted octanol–water partition coefficient (Wildman–Crippen LogP) is 2.94. The maximum absolute atomic E-state index is 12.3. The summed E-state index contributed by atoms with van der Waals surface area (Å²) in [5.74, 6) is 0.433. The van der Waals surface area contributed by atoms with Crippen LogP contribution in [0.1, 0.15) is 43.1 Å². The van der Waals surface area contributed by atoms with Crippen LogP contribution in [0.3, 0.4) is 0 Å². The second kappa shape index (κ2) is 5.57. The van der Waals surface area contributed by atoms with Gasteiger partial charge in [0.05, 0.1) is 17.2 Å². The van der Waals surface area contributed by atoms with Gasteiger partial charge in [-0.25, -0.2) is 4.98 Å². The first-order chi connectivity index (χ1) is 9.74. The van der Waals surface area contributed by atoms with Crippen molar-refractivity contribution in [2.45, 2.75) is 38.6 Å². The molecule has 1 N–H and O–H groups in total. The molecule has 0 bridgehead atoms. The van der Waals surface area contributed by atoms with Crippen molar-refractivity contribution in [2.75, 3.05) is 0 Å². The molecule has 0 unspecified atom stereocenters. The van der Waals surface area contributed by atoms with Crippen molar-refractivity contribution in [3.05, 3.63) is 36.2 Å². The third kappa shape index (κ3) is 2.64. The minimum absolute atomic E-state index is 0.109. The molecule has 2 atom stereocenters. The molecule has 1 aromatic carbocycles. The van der Waals surface area contributed by atoms with Gasteiger partial charge in [-0.2, -0.15) is 0 Å². The summed E-state index contributed by atoms with van der Waals surface area (Å²) in [6.45, 7) is 2.20. The van der Waals surface area contributed by atoms with E-state index in [1.807, 2.05) is 24.3 Å². The summed E-state index contributed by atoms with van der Waals surface area (Å²) in [6.07, 6.45) is 6.27. The molecule has 1 fully saturated rings. The number of amides is 1. The molecule has 0 radical (unpaired) electrons. The molecule has 20 heavy (non-hydrogen) atoms. The third-order valence-corrected chi connectivity index (χ3v) is 4.11. The predicted molar refractivity (Wildman–Crippen MR) is 78.4 cm³/mol. The van der Waals surface area contributed by atoms with Gasteiger partial charge >= 0.3 is 0 Å². The van der Waals surface area contributed by atoms with Gasteiger partial charge in [-0.1, -0.05) is 31.9 Å². The summed E-state index contributed by atoms with van der Waals surface area (Å²) in [7, 11) is 0. The first-order valence-electron chi connectivity index (χ1n) is 7.27. The van der Waals surface area contributed by atoms with Crippen LogP contribution < -0.4 is 5.32 Å². The Bertz CT molecular complexity index is 626. The molecule has 0 aliphatic heterocycles. The normalized spacial score (nSPS) is 22.6. The lowest BCUT2D eigenvalue weighted by Gasteiger charge is -2.29. The summed E-state index contributed by atoms with van der Waals surface area (Å²) < 4.78 is 0. The molecule has 1 saturated carbocycles. The standard InChI is InChI=1S/C16H19N3O/c1-11-6-2-3-7-12(11)19-16(20)15-10-17-13-8-4-5-9-14(13)18-15/h4-5,8-12H,2-3,6-7H2,1H3,(H,19,20)/t11-,12+/m1/s1. The number of fused-ring (bicyclic) bond motifs is 1. The number of nitrogens with one attached hydrogen (secondary N) is 1. The van der Waals surface area contributed by atoms with Crippen molar-refractivity contribution in [1.29, 1.82) is 0 Å². The second-order valence-corrected chi connectivity index (χ2v) is 5.59. The van der Waals surface area contributed by atoms with Crippen LogP contribution in [0.15, 0.2) is 30.5 Å². The van der Waals surface area contributed by atoms with Crippen LogP contribution in [0.5, 0.6) is 0 Å². The fourth-order valence-electron chi connectivity index (χ4n) is 2.84. The average molecular weight is 269 g/mol. The molecule has 4 nitrogen and oxygen atoms in total. The minimum Gasteiger partial charge on any atom is -0.348 e. The maximum Gasteiger partial charge on any atom is 0.271 e. The Morgan fingerprint density at radius 2 is 1.95 bits per heavy atom. The van der Waals surface area contributed by atoms with E-state index in [1.54, 1.807) is 6.20 Å². The zero-order chi connectivity index (χ0) is 13.9. The van der Waals surface area contributed by atoms with Crippen molar-refractivity contribution in [3.63, 3.8) is 0 Å². The first kappa shape index (κ1) is 13.0. The van der Waals surface area contributed by atoms with E-state index in [1.165, 1.54) is 19.3 Å². The largest absolute Gasteiger partial charge is 0.348 e. The van der Waals surface area contributed by atoms with Crippen LogP contribution in [0.25, 0.3) is 11.0 Å². The SMILES string of the molecule is C[C@@H]1CCCC[C@@H]1NC(=O)c1cnc2ccccc2n1. The number of carbonyl (C=O) groups excluding carboxylic acids is 1. The van der Waals surface area contributed by atoms with Crippen molar-refractivity contribution < 1.29 is 4.79 Å². The van der Waals surface area contributed by atoms with E-state index in [2.05, 4.69) is 22.2 Å². The number of nitrogens with zero attached hydrogens (tertiary/aromatic N) is 2. The van der Waals surface area contributed by atoms with Gasteiger partial charge in [-0.05, 0) is 30.9 Å². The number of hydrogen-bond donors (Lipinski definition) is 1. The van der Waals surface area contributed by atoms with E-state index in [0.717, 1.165) is 17.5 Å². The highest BCUT2D eigenvalue weighted by molar-refractivity contribution is 5.93. The van der Waals surface area contributed by atoms with Crippen LogP contribution in [-0.4, -0.2) is 21.9 Å². The molecule has 0 spiro atoms. The van der Waals surface area contributed by atoms with Crippen molar-refractivity contribution in [2.24, 2.45) is 5.92 Å². The number of para-hydroxylation sites is 2. The number of hydrogen-bond acceptors (Lipinski definition) is 3. The number of aromatic nitrogens is 2. The second-order valence-electron chi connectivity index (χ2n) is 5.59. The summed E-state index contributed by atoms with van der Waals surface area (Å²) in [6, 6.07) is 7.86. The topological polar surface area (TPSA) is 54.9 Å². The highest BCUT2D eigenvalue weighted by Crippen LogP contribution is 2.23. The van der Waals surface area contributed by atoms with Crippen LogP contribution >= 0.6 is 0 Å². The van der Waals surface area contributed by atoms with E-state index in [-0.39, 0.29) is 11.9 Å². The van der Waals surface area contributed by atoms with Gasteiger partial charge < -0.3 is 5.32 Å². The molecule has 2 aromatic rings. The molecule has 0 saturated heterocycles. The Morgan fingerprint density at radius 1 is 1.20 bits per heavy atom. The van der Waals surface area contributed by atoms with Gasteiger partial charge in [0.1, 0.15) is 5.69 Å². The van der Waals surface area contributed by atoms with Gasteiger partial charge in [-0.15, -0.1) is 0 Å². The van der Waals surface area contributed by atoms with Gasteiger partial charge in [0.2, 0.25) is 0 Å². The lowest BCUT2D eigenvalue weighted by atomic mass is 9.86. The van der Waals surface area contributed by atoms with Crippen molar-refractivity contribution >= 4 is 16.9 Å². The quantitative estimate of drug-likeness (QED) is 0.912. The molecule has 1 aromatic heterocycles. The molecular formula is C16H19N3O. The molecular weight excluding hydrogens is 250 g/mol. The summed E-state index contributed by atoms with van der Waals surface area (Å²) in [5.41, 5.74) is 1.98. The average Bonchev–Trinajstić information content (AvgIpc) is 2.49. The monoisotopic (exact) mass is 269 g/mol. The first-order valence-corrected chi connectivity index (χ1v) is 7.27. The molecule has 1 heterocycles. The number of rotatable bonds is 2. The van der Waals surface area contributed by atoms with Gasteiger partial charge in [0.15, 0.2) is 0 Å². The third-order valence-electron chi connectivity index (χ3n) is 4.11. The summed E-state index contributed by atoms with van der Waals surface area (Å²) in [4.78, 5) is 21.0. The van der Waals surface area contributed by atoms with Crippen LogP contribution in [0, 0.1) is 5.92 Å². The smallest absolute Gasteiger partial charge is 0.271 e. The van der Waals surface area contributed by atoms with Crippen LogP contribution in [-0.2, 0) is 0 Å². The van der Waals surface area contributed by atoms with E-state index in [0.29, 0.717) is 11.6 Å².